The maximum Gasteiger partial charge on any atom is 0.343 e. The molecule has 0 radical (unpaired) electrons. The third-order valence-electron chi connectivity index (χ3n) is 7.00. The van der Waals surface area contributed by atoms with Gasteiger partial charge < -0.3 is 18.9 Å². The normalized spacial score (nSPS) is 11.3. The van der Waals surface area contributed by atoms with Gasteiger partial charge in [0, 0.05) is 12.0 Å². The number of carbonyl (C=O) groups excluding carboxylic acids is 4. The fraction of sp³-hybridized carbons (Fsp3) is 0.500. The molecule has 0 aliphatic heterocycles. The van der Waals surface area contributed by atoms with E-state index in [1.165, 1.54) is 18.6 Å². The first-order valence-corrected chi connectivity index (χ1v) is 15.9. The monoisotopic (exact) mass is 608 g/mol. The van der Waals surface area contributed by atoms with E-state index in [1.54, 1.807) is 43.3 Å². The number of hydrogen-bond acceptors (Lipinski definition) is 8. The maximum absolute atomic E-state index is 12.6. The van der Waals surface area contributed by atoms with E-state index in [1.807, 2.05) is 6.92 Å². The molecule has 240 valence electrons. The van der Waals surface area contributed by atoms with E-state index in [2.05, 4.69) is 13.5 Å². The molecule has 0 unspecified atom stereocenters. The number of esters is 4. The highest BCUT2D eigenvalue weighted by Gasteiger charge is 2.15. The van der Waals surface area contributed by atoms with Crippen LogP contribution in [0.2, 0.25) is 0 Å². The lowest BCUT2D eigenvalue weighted by atomic mass is 10.1. The van der Waals surface area contributed by atoms with Gasteiger partial charge in [-0.2, -0.15) is 0 Å². The minimum atomic E-state index is -0.565. The molecule has 8 nitrogen and oxygen atoms in total. The maximum atomic E-state index is 12.6. The van der Waals surface area contributed by atoms with Gasteiger partial charge in [-0.1, -0.05) is 64.9 Å². The van der Waals surface area contributed by atoms with Gasteiger partial charge in [0.25, 0.3) is 0 Å². The summed E-state index contributed by atoms with van der Waals surface area (Å²) in [5, 5.41) is 0. The van der Waals surface area contributed by atoms with E-state index in [0.717, 1.165) is 70.6 Å². The molecular weight excluding hydrogens is 560 g/mol. The van der Waals surface area contributed by atoms with Gasteiger partial charge in [0.15, 0.2) is 0 Å². The Balaban J connectivity index is 1.63. The number of benzene rings is 2. The summed E-state index contributed by atoms with van der Waals surface area (Å²) in [5.41, 5.74) is 1.09. The molecule has 0 amide bonds. The van der Waals surface area contributed by atoms with Crippen LogP contribution in [0.25, 0.3) is 0 Å². The predicted molar refractivity (Wildman–Crippen MR) is 170 cm³/mol. The van der Waals surface area contributed by atoms with Crippen molar-refractivity contribution in [3.63, 3.8) is 0 Å². The van der Waals surface area contributed by atoms with Gasteiger partial charge in [0.2, 0.25) is 0 Å². The molecule has 0 saturated carbocycles. The fourth-order valence-corrected chi connectivity index (χ4v) is 4.38. The first-order chi connectivity index (χ1) is 21.2. The van der Waals surface area contributed by atoms with Gasteiger partial charge in [-0.05, 0) is 88.1 Å². The minimum Gasteiger partial charge on any atom is -0.462 e. The zero-order chi connectivity index (χ0) is 32.2. The fourth-order valence-electron chi connectivity index (χ4n) is 4.38. The summed E-state index contributed by atoms with van der Waals surface area (Å²) in [6.45, 7) is 9.66. The number of ether oxygens (including phenoxy) is 4. The molecule has 0 aromatic heterocycles. The SMILES string of the molecule is C=C(C)C(=O)OCCCCCCCCCC(=O)Oc1ccc(OC(=O)c2ccc(C(=O)O[C@@H](C)CCCCCC)cc2)cc1. The van der Waals surface area contributed by atoms with Crippen LogP contribution >= 0.6 is 0 Å². The van der Waals surface area contributed by atoms with Crippen molar-refractivity contribution in [1.29, 1.82) is 0 Å². The Morgan fingerprint density at radius 2 is 1.20 bits per heavy atom. The molecule has 2 rings (SSSR count). The number of hydrogen-bond donors (Lipinski definition) is 0. The smallest absolute Gasteiger partial charge is 0.343 e. The van der Waals surface area contributed by atoms with Crippen molar-refractivity contribution in [2.24, 2.45) is 0 Å². The van der Waals surface area contributed by atoms with E-state index in [4.69, 9.17) is 18.9 Å². The molecule has 0 aliphatic carbocycles. The second kappa shape index (κ2) is 20.9. The standard InChI is InChI=1S/C36H48O8/c1-5-6-7-13-16-28(4)42-35(39)29-18-20-30(21-19-29)36(40)44-32-24-22-31(23-25-32)43-33(37)17-14-11-9-8-10-12-15-26-41-34(38)27(2)3/h18-25,28H,2,5-17,26H2,1,3-4H3/t28-/m0/s1. The highest BCUT2D eigenvalue weighted by atomic mass is 16.5. The Hall–Kier alpha value is -3.94. The Morgan fingerprint density at radius 3 is 1.80 bits per heavy atom. The zero-order valence-corrected chi connectivity index (χ0v) is 26.6. The lowest BCUT2D eigenvalue weighted by Crippen LogP contribution is -2.15. The molecule has 0 saturated heterocycles. The Bertz CT molecular complexity index is 1180. The van der Waals surface area contributed by atoms with Crippen molar-refractivity contribution in [3.8, 4) is 11.5 Å². The third kappa shape index (κ3) is 15.0. The second-order valence-electron chi connectivity index (χ2n) is 11.1. The third-order valence-corrected chi connectivity index (χ3v) is 7.00. The summed E-state index contributed by atoms with van der Waals surface area (Å²) in [6.07, 6.45) is 12.2. The molecular formula is C36H48O8. The van der Waals surface area contributed by atoms with Crippen LogP contribution < -0.4 is 9.47 Å². The molecule has 8 heteroatoms. The first-order valence-electron chi connectivity index (χ1n) is 15.9. The van der Waals surface area contributed by atoms with Crippen LogP contribution in [0.4, 0.5) is 0 Å². The average molecular weight is 609 g/mol. The van der Waals surface area contributed by atoms with E-state index in [9.17, 15) is 19.2 Å². The van der Waals surface area contributed by atoms with Crippen LogP contribution in [-0.2, 0) is 19.1 Å². The molecule has 0 fully saturated rings. The topological polar surface area (TPSA) is 105 Å². The number of carbonyl (C=O) groups is 4. The Labute approximate surface area is 262 Å². The van der Waals surface area contributed by atoms with E-state index < -0.39 is 11.9 Å². The van der Waals surface area contributed by atoms with Crippen LogP contribution in [-0.4, -0.2) is 36.6 Å². The van der Waals surface area contributed by atoms with Gasteiger partial charge in [0.1, 0.15) is 11.5 Å². The predicted octanol–water partition coefficient (Wildman–Crippen LogP) is 8.57. The van der Waals surface area contributed by atoms with Crippen LogP contribution in [0.3, 0.4) is 0 Å². The summed E-state index contributed by atoms with van der Waals surface area (Å²) < 4.78 is 21.4. The summed E-state index contributed by atoms with van der Waals surface area (Å²) in [6, 6.07) is 12.5. The second-order valence-corrected chi connectivity index (χ2v) is 11.1. The Kier molecular flexibility index (Phi) is 17.2. The van der Waals surface area contributed by atoms with Crippen LogP contribution in [0.5, 0.6) is 11.5 Å². The van der Waals surface area contributed by atoms with Gasteiger partial charge in [-0.25, -0.2) is 14.4 Å². The van der Waals surface area contributed by atoms with E-state index >= 15 is 0 Å². The molecule has 0 N–H and O–H groups in total. The molecule has 0 aliphatic rings. The largest absolute Gasteiger partial charge is 0.462 e. The van der Waals surface area contributed by atoms with E-state index in [-0.39, 0.29) is 18.0 Å². The molecule has 0 spiro atoms. The van der Waals surface area contributed by atoms with Crippen molar-refractivity contribution in [2.45, 2.75) is 110 Å². The molecule has 0 bridgehead atoms. The number of unbranched alkanes of at least 4 members (excludes halogenated alkanes) is 9. The average Bonchev–Trinajstić information content (AvgIpc) is 3.01. The van der Waals surface area contributed by atoms with Crippen LogP contribution in [0.15, 0.2) is 60.7 Å². The lowest BCUT2D eigenvalue weighted by molar-refractivity contribution is -0.139. The molecule has 2 aromatic rings. The first kappa shape index (κ1) is 36.3. The molecule has 0 heterocycles. The quantitative estimate of drug-likeness (QED) is 0.0601. The summed E-state index contributed by atoms with van der Waals surface area (Å²) in [5.74, 6) is -0.934. The molecule has 44 heavy (non-hydrogen) atoms. The highest BCUT2D eigenvalue weighted by Crippen LogP contribution is 2.20. The number of rotatable bonds is 21. The molecule has 2 aromatic carbocycles. The van der Waals surface area contributed by atoms with Crippen LogP contribution in [0, 0.1) is 0 Å². The van der Waals surface area contributed by atoms with Crippen molar-refractivity contribution in [2.75, 3.05) is 6.61 Å². The van der Waals surface area contributed by atoms with Crippen LogP contribution in [0.1, 0.15) is 125 Å². The van der Waals surface area contributed by atoms with Gasteiger partial charge in [-0.3, -0.25) is 4.79 Å². The van der Waals surface area contributed by atoms with Crippen molar-refractivity contribution in [3.05, 3.63) is 71.8 Å². The lowest BCUT2D eigenvalue weighted by Gasteiger charge is -2.13. The van der Waals surface area contributed by atoms with Gasteiger partial charge in [0.05, 0.1) is 23.8 Å². The Morgan fingerprint density at radius 1 is 0.682 bits per heavy atom. The summed E-state index contributed by atoms with van der Waals surface area (Å²) >= 11 is 0. The summed E-state index contributed by atoms with van der Waals surface area (Å²) in [4.78, 5) is 48.5. The van der Waals surface area contributed by atoms with Crippen molar-refractivity contribution in [1.82, 2.24) is 0 Å². The van der Waals surface area contributed by atoms with Crippen molar-refractivity contribution < 1.29 is 38.1 Å². The van der Waals surface area contributed by atoms with E-state index in [0.29, 0.717) is 41.2 Å². The molecule has 1 atom stereocenters. The zero-order valence-electron chi connectivity index (χ0n) is 26.6. The minimum absolute atomic E-state index is 0.161. The van der Waals surface area contributed by atoms with Gasteiger partial charge in [-0.15, -0.1) is 0 Å². The summed E-state index contributed by atoms with van der Waals surface area (Å²) in [7, 11) is 0. The van der Waals surface area contributed by atoms with Crippen molar-refractivity contribution >= 4 is 23.9 Å². The highest BCUT2D eigenvalue weighted by molar-refractivity contribution is 5.94. The van der Waals surface area contributed by atoms with Gasteiger partial charge >= 0.3 is 23.9 Å².